The van der Waals surface area contributed by atoms with Crippen molar-refractivity contribution in [3.63, 3.8) is 0 Å². The van der Waals surface area contributed by atoms with Gasteiger partial charge in [0, 0.05) is 10.2 Å². The molecule has 0 spiro atoms. The largest absolute Gasteiger partial charge is 0.325 e. The third-order valence-corrected chi connectivity index (χ3v) is 2.29. The Morgan fingerprint density at radius 2 is 2.21 bits per heavy atom. The Morgan fingerprint density at radius 3 is 2.79 bits per heavy atom. The molecule has 0 fully saturated rings. The number of hydrogen-bond acceptors (Lipinski definition) is 2. The molecule has 0 heterocycles. The van der Waals surface area contributed by atoms with Crippen LogP contribution < -0.4 is 10.6 Å². The van der Waals surface area contributed by atoms with Gasteiger partial charge in [-0.15, -0.1) is 0 Å². The van der Waals surface area contributed by atoms with Crippen LogP contribution in [0.1, 0.15) is 5.56 Å². The van der Waals surface area contributed by atoms with Crippen LogP contribution in [0.4, 0.5) is 5.69 Å². The first-order valence-electron chi connectivity index (χ1n) is 4.34. The van der Waals surface area contributed by atoms with E-state index in [9.17, 15) is 4.79 Å². The van der Waals surface area contributed by atoms with Crippen LogP contribution in [0.15, 0.2) is 22.7 Å². The zero-order valence-electron chi connectivity index (χ0n) is 8.23. The van der Waals surface area contributed by atoms with Crippen LogP contribution in [-0.2, 0) is 4.79 Å². The van der Waals surface area contributed by atoms with E-state index in [1.165, 1.54) is 0 Å². The van der Waals surface area contributed by atoms with E-state index in [0.29, 0.717) is 6.54 Å². The molecule has 4 heteroatoms. The molecule has 0 saturated carbocycles. The first-order valence-corrected chi connectivity index (χ1v) is 5.13. The van der Waals surface area contributed by atoms with Crippen LogP contribution in [0.25, 0.3) is 0 Å². The van der Waals surface area contributed by atoms with Gasteiger partial charge < -0.3 is 10.6 Å². The Bertz CT molecular complexity index is 339. The maximum absolute atomic E-state index is 11.3. The fourth-order valence-corrected chi connectivity index (χ4v) is 1.60. The molecule has 0 aromatic heterocycles. The van der Waals surface area contributed by atoms with E-state index in [0.717, 1.165) is 15.7 Å². The lowest BCUT2D eigenvalue weighted by molar-refractivity contribution is -0.115. The van der Waals surface area contributed by atoms with Gasteiger partial charge in [0.05, 0.1) is 6.54 Å². The van der Waals surface area contributed by atoms with Crippen molar-refractivity contribution in [2.75, 3.05) is 18.9 Å². The molecule has 0 radical (unpaired) electrons. The summed E-state index contributed by atoms with van der Waals surface area (Å²) in [5.74, 6) is -0.0297. The molecule has 76 valence electrons. The fraction of sp³-hybridized carbons (Fsp3) is 0.300. The smallest absolute Gasteiger partial charge is 0.238 e. The van der Waals surface area contributed by atoms with Crippen molar-refractivity contribution in [3.8, 4) is 0 Å². The third kappa shape index (κ3) is 3.12. The maximum atomic E-state index is 11.3. The second-order valence-electron chi connectivity index (χ2n) is 3.04. The molecule has 1 amide bonds. The van der Waals surface area contributed by atoms with Gasteiger partial charge in [0.25, 0.3) is 0 Å². The summed E-state index contributed by atoms with van der Waals surface area (Å²) in [6.07, 6.45) is 0. The number of nitrogens with one attached hydrogen (secondary N) is 2. The number of likely N-dealkylation sites (N-methyl/N-ethyl adjacent to an activating group) is 1. The number of benzene rings is 1. The molecule has 0 aliphatic heterocycles. The van der Waals surface area contributed by atoms with Crippen LogP contribution in [0.5, 0.6) is 0 Å². The molecule has 0 atom stereocenters. The van der Waals surface area contributed by atoms with Gasteiger partial charge in [0.1, 0.15) is 0 Å². The minimum atomic E-state index is -0.0297. The summed E-state index contributed by atoms with van der Waals surface area (Å²) >= 11 is 3.37. The van der Waals surface area contributed by atoms with Crippen molar-refractivity contribution in [2.45, 2.75) is 6.92 Å². The predicted molar refractivity (Wildman–Crippen MR) is 61.4 cm³/mol. The highest BCUT2D eigenvalue weighted by molar-refractivity contribution is 9.10. The van der Waals surface area contributed by atoms with Gasteiger partial charge in [0.2, 0.25) is 5.91 Å². The average Bonchev–Trinajstić information content (AvgIpc) is 2.10. The van der Waals surface area contributed by atoms with Crippen molar-refractivity contribution in [2.24, 2.45) is 0 Å². The van der Waals surface area contributed by atoms with Gasteiger partial charge in [-0.3, -0.25) is 4.79 Å². The van der Waals surface area contributed by atoms with Crippen LogP contribution in [0.3, 0.4) is 0 Å². The monoisotopic (exact) mass is 256 g/mol. The van der Waals surface area contributed by atoms with Gasteiger partial charge in [0.15, 0.2) is 0 Å². The van der Waals surface area contributed by atoms with E-state index < -0.39 is 0 Å². The van der Waals surface area contributed by atoms with Crippen LogP contribution in [-0.4, -0.2) is 19.5 Å². The number of carbonyl (C=O) groups excluding carboxylic acids is 1. The number of halogens is 1. The Balaban J connectivity index is 2.72. The molecule has 1 aromatic carbocycles. The lowest BCUT2D eigenvalue weighted by Crippen LogP contribution is -2.25. The second kappa shape index (κ2) is 5.12. The van der Waals surface area contributed by atoms with E-state index in [1.807, 2.05) is 25.1 Å². The number of amides is 1. The number of anilines is 1. The Labute approximate surface area is 92.0 Å². The Hall–Kier alpha value is -0.870. The van der Waals surface area contributed by atoms with Crippen molar-refractivity contribution >= 4 is 27.5 Å². The highest BCUT2D eigenvalue weighted by Crippen LogP contribution is 2.19. The fourth-order valence-electron chi connectivity index (χ4n) is 1.12. The summed E-state index contributed by atoms with van der Waals surface area (Å²) in [6.45, 7) is 2.29. The van der Waals surface area contributed by atoms with Crippen molar-refractivity contribution in [3.05, 3.63) is 28.2 Å². The molecule has 14 heavy (non-hydrogen) atoms. The number of hydrogen-bond donors (Lipinski definition) is 2. The summed E-state index contributed by atoms with van der Waals surface area (Å²) in [4.78, 5) is 11.3. The number of aryl methyl sites for hydroxylation is 1. The summed E-state index contributed by atoms with van der Waals surface area (Å²) in [7, 11) is 1.74. The van der Waals surface area contributed by atoms with Gasteiger partial charge in [-0.2, -0.15) is 0 Å². The molecule has 1 rings (SSSR count). The van der Waals surface area contributed by atoms with Crippen LogP contribution in [0.2, 0.25) is 0 Å². The zero-order valence-corrected chi connectivity index (χ0v) is 9.81. The third-order valence-electron chi connectivity index (χ3n) is 1.80. The van der Waals surface area contributed by atoms with Crippen molar-refractivity contribution < 1.29 is 4.79 Å². The molecule has 0 aliphatic carbocycles. The zero-order chi connectivity index (χ0) is 10.6. The van der Waals surface area contributed by atoms with E-state index in [4.69, 9.17) is 0 Å². The van der Waals surface area contributed by atoms with Crippen LogP contribution >= 0.6 is 15.9 Å². The lowest BCUT2D eigenvalue weighted by Gasteiger charge is -2.08. The highest BCUT2D eigenvalue weighted by atomic mass is 79.9. The Morgan fingerprint density at radius 1 is 1.50 bits per heavy atom. The van der Waals surface area contributed by atoms with Gasteiger partial charge >= 0.3 is 0 Å². The van der Waals surface area contributed by atoms with Gasteiger partial charge in [-0.05, 0) is 37.7 Å². The standard InChI is InChI=1S/C10H13BrN2O/c1-7-5-8(11)3-4-9(7)13-10(14)6-12-2/h3-5,12H,6H2,1-2H3,(H,13,14). The van der Waals surface area contributed by atoms with E-state index in [1.54, 1.807) is 7.05 Å². The molecule has 0 bridgehead atoms. The summed E-state index contributed by atoms with van der Waals surface area (Å²) in [5.41, 5.74) is 1.90. The van der Waals surface area contributed by atoms with E-state index in [-0.39, 0.29) is 5.91 Å². The topological polar surface area (TPSA) is 41.1 Å². The Kier molecular flexibility index (Phi) is 4.10. The predicted octanol–water partition coefficient (Wildman–Crippen LogP) is 1.92. The first-order chi connectivity index (χ1) is 6.63. The average molecular weight is 257 g/mol. The van der Waals surface area contributed by atoms with Gasteiger partial charge in [-0.25, -0.2) is 0 Å². The minimum absolute atomic E-state index is 0.0297. The van der Waals surface area contributed by atoms with E-state index >= 15 is 0 Å². The molecular weight excluding hydrogens is 244 g/mol. The van der Waals surface area contributed by atoms with E-state index in [2.05, 4.69) is 26.6 Å². The second-order valence-corrected chi connectivity index (χ2v) is 3.95. The summed E-state index contributed by atoms with van der Waals surface area (Å²) < 4.78 is 1.02. The number of rotatable bonds is 3. The lowest BCUT2D eigenvalue weighted by atomic mass is 10.2. The van der Waals surface area contributed by atoms with Gasteiger partial charge in [-0.1, -0.05) is 15.9 Å². The first kappa shape index (κ1) is 11.2. The molecule has 2 N–H and O–H groups in total. The molecule has 3 nitrogen and oxygen atoms in total. The molecule has 0 saturated heterocycles. The minimum Gasteiger partial charge on any atom is -0.325 e. The maximum Gasteiger partial charge on any atom is 0.238 e. The quantitative estimate of drug-likeness (QED) is 0.868. The SMILES string of the molecule is CNCC(=O)Nc1ccc(Br)cc1C. The van der Waals surface area contributed by atoms with Crippen molar-refractivity contribution in [1.82, 2.24) is 5.32 Å². The molecule has 1 aromatic rings. The molecular formula is C10H13BrN2O. The molecule has 0 unspecified atom stereocenters. The normalized spacial score (nSPS) is 9.93. The summed E-state index contributed by atoms with van der Waals surface area (Å²) in [6, 6.07) is 5.75. The summed E-state index contributed by atoms with van der Waals surface area (Å²) in [5, 5.41) is 5.61. The van der Waals surface area contributed by atoms with Crippen molar-refractivity contribution in [1.29, 1.82) is 0 Å². The molecule has 0 aliphatic rings. The number of carbonyl (C=O) groups is 1. The van der Waals surface area contributed by atoms with Crippen LogP contribution in [0, 0.1) is 6.92 Å². The highest BCUT2D eigenvalue weighted by Gasteiger charge is 2.03.